The van der Waals surface area contributed by atoms with Crippen molar-refractivity contribution in [3.63, 3.8) is 0 Å². The third kappa shape index (κ3) is 6.52. The predicted octanol–water partition coefficient (Wildman–Crippen LogP) is 4.52. The summed E-state index contributed by atoms with van der Waals surface area (Å²) in [4.78, 5) is 52.8. The van der Waals surface area contributed by atoms with Crippen molar-refractivity contribution in [2.24, 2.45) is 0 Å². The molecule has 0 aliphatic carbocycles. The number of para-hydroxylation sites is 1. The zero-order valence-corrected chi connectivity index (χ0v) is 21.3. The Morgan fingerprint density at radius 3 is 2.51 bits per heavy atom. The number of hydrogen-bond donors (Lipinski definition) is 1. The molecular weight excluding hydrogens is 534 g/mol. The number of hydrogen-bond acceptors (Lipinski definition) is 6. The fourth-order valence-electron chi connectivity index (χ4n) is 3.75. The summed E-state index contributed by atoms with van der Waals surface area (Å²) >= 11 is 4.24. The highest BCUT2D eigenvalue weighted by atomic mass is 79.9. The second kappa shape index (κ2) is 11.5. The molecule has 2 aliphatic rings. The number of nitrogens with one attached hydrogen (secondary N) is 1. The van der Waals surface area contributed by atoms with Crippen LogP contribution in [-0.4, -0.2) is 59.0 Å². The van der Waals surface area contributed by atoms with Gasteiger partial charge < -0.3 is 15.0 Å². The summed E-state index contributed by atoms with van der Waals surface area (Å²) in [6.45, 7) is 0.933. The van der Waals surface area contributed by atoms with Gasteiger partial charge in [0.15, 0.2) is 6.61 Å². The molecule has 8 nitrogen and oxygen atoms in total. The Morgan fingerprint density at radius 1 is 1.06 bits per heavy atom. The van der Waals surface area contributed by atoms with E-state index >= 15 is 0 Å². The van der Waals surface area contributed by atoms with Gasteiger partial charge in [-0.25, -0.2) is 0 Å². The predicted molar refractivity (Wildman–Crippen MR) is 138 cm³/mol. The minimum Gasteiger partial charge on any atom is -0.483 e. The third-order valence-corrected chi connectivity index (χ3v) is 7.07. The van der Waals surface area contributed by atoms with Crippen LogP contribution >= 0.6 is 27.7 Å². The summed E-state index contributed by atoms with van der Waals surface area (Å²) in [6, 6.07) is 14.2. The number of imide groups is 1. The fourth-order valence-corrected chi connectivity index (χ4v) is 5.10. The zero-order chi connectivity index (χ0) is 24.8. The molecule has 2 aromatic rings. The lowest BCUT2D eigenvalue weighted by atomic mass is 10.1. The van der Waals surface area contributed by atoms with Gasteiger partial charge in [0, 0.05) is 18.8 Å². The molecule has 0 spiro atoms. The van der Waals surface area contributed by atoms with Crippen LogP contribution in [0.3, 0.4) is 0 Å². The van der Waals surface area contributed by atoms with Crippen LogP contribution in [0.2, 0.25) is 0 Å². The van der Waals surface area contributed by atoms with Crippen LogP contribution in [0.1, 0.15) is 24.8 Å². The van der Waals surface area contributed by atoms with E-state index in [9.17, 15) is 19.2 Å². The number of likely N-dealkylation sites (tertiary alicyclic amines) is 1. The van der Waals surface area contributed by atoms with Crippen molar-refractivity contribution in [1.29, 1.82) is 0 Å². The van der Waals surface area contributed by atoms with Crippen molar-refractivity contribution in [3.8, 4) is 5.75 Å². The van der Waals surface area contributed by atoms with Crippen molar-refractivity contribution < 1.29 is 23.9 Å². The van der Waals surface area contributed by atoms with Crippen molar-refractivity contribution >= 4 is 62.4 Å². The second-order valence-corrected chi connectivity index (χ2v) is 9.95. The van der Waals surface area contributed by atoms with E-state index in [1.165, 1.54) is 0 Å². The smallest absolute Gasteiger partial charge is 0.294 e. The summed E-state index contributed by atoms with van der Waals surface area (Å²) in [6.07, 6.45) is 4.58. The lowest BCUT2D eigenvalue weighted by Gasteiger charge is -2.27. The zero-order valence-electron chi connectivity index (χ0n) is 18.9. The molecule has 0 radical (unpaired) electrons. The maximum absolute atomic E-state index is 12.8. The highest BCUT2D eigenvalue weighted by Gasteiger charge is 2.37. The molecule has 0 atom stereocenters. The van der Waals surface area contributed by atoms with Gasteiger partial charge in [0.1, 0.15) is 12.3 Å². The van der Waals surface area contributed by atoms with E-state index in [2.05, 4.69) is 21.2 Å². The Kier molecular flexibility index (Phi) is 8.25. The number of halogens is 1. The summed E-state index contributed by atoms with van der Waals surface area (Å²) in [5.74, 6) is -0.501. The molecule has 0 bridgehead atoms. The molecular formula is C25H24BrN3O5S. The Morgan fingerprint density at radius 2 is 1.80 bits per heavy atom. The quantitative estimate of drug-likeness (QED) is 0.503. The highest BCUT2D eigenvalue weighted by Crippen LogP contribution is 2.34. The van der Waals surface area contributed by atoms with Crippen LogP contribution in [-0.2, 0) is 14.4 Å². The SMILES string of the molecule is O=C(COc1ccc(/C=C2\SC(=O)N(CC(=O)N3CCCCC3)C2=O)cc1Br)Nc1ccccc1. The van der Waals surface area contributed by atoms with Gasteiger partial charge in [-0.15, -0.1) is 0 Å². The van der Waals surface area contributed by atoms with Crippen LogP contribution in [0.15, 0.2) is 57.9 Å². The summed E-state index contributed by atoms with van der Waals surface area (Å²) in [5, 5.41) is 2.30. The molecule has 4 rings (SSSR count). The number of ether oxygens (including phenoxy) is 1. The molecule has 0 unspecified atom stereocenters. The van der Waals surface area contributed by atoms with Gasteiger partial charge in [0.05, 0.1) is 9.38 Å². The Labute approximate surface area is 215 Å². The van der Waals surface area contributed by atoms with Gasteiger partial charge in [-0.3, -0.25) is 24.1 Å². The number of anilines is 1. The van der Waals surface area contributed by atoms with Crippen molar-refractivity contribution in [3.05, 3.63) is 63.5 Å². The van der Waals surface area contributed by atoms with Crippen LogP contribution in [0.5, 0.6) is 5.75 Å². The van der Waals surface area contributed by atoms with Crippen LogP contribution < -0.4 is 10.1 Å². The Balaban J connectivity index is 1.35. The van der Waals surface area contributed by atoms with E-state index in [4.69, 9.17) is 4.74 Å². The Hall–Kier alpha value is -3.11. The first-order valence-electron chi connectivity index (χ1n) is 11.2. The maximum Gasteiger partial charge on any atom is 0.294 e. The van der Waals surface area contributed by atoms with Crippen molar-refractivity contribution in [2.75, 3.05) is 31.6 Å². The number of thioether (sulfide) groups is 1. The number of benzene rings is 2. The molecule has 4 amide bonds. The first-order chi connectivity index (χ1) is 16.9. The van der Waals surface area contributed by atoms with E-state index in [0.717, 1.165) is 35.9 Å². The molecule has 0 aromatic heterocycles. The van der Waals surface area contributed by atoms with Gasteiger partial charge in [0.25, 0.3) is 17.1 Å². The summed E-state index contributed by atoms with van der Waals surface area (Å²) in [7, 11) is 0. The molecule has 182 valence electrons. The molecule has 1 N–H and O–H groups in total. The van der Waals surface area contributed by atoms with Crippen LogP contribution in [0, 0.1) is 0 Å². The standard InChI is InChI=1S/C25H24BrN3O5S/c26-19-13-17(9-10-20(19)34-16-22(30)27-18-7-3-1-4-8-18)14-21-24(32)29(25(33)35-21)15-23(31)28-11-5-2-6-12-28/h1,3-4,7-10,13-14H,2,5-6,11-12,15-16H2,(H,27,30)/b21-14-. The lowest BCUT2D eigenvalue weighted by Crippen LogP contribution is -2.44. The molecule has 0 saturated carbocycles. The topological polar surface area (TPSA) is 96.0 Å². The van der Waals surface area contributed by atoms with Gasteiger partial charge in [-0.05, 0) is 82.9 Å². The number of piperidine rings is 1. The number of carbonyl (C=O) groups is 4. The first-order valence-corrected chi connectivity index (χ1v) is 12.8. The highest BCUT2D eigenvalue weighted by molar-refractivity contribution is 9.10. The van der Waals surface area contributed by atoms with Gasteiger partial charge in [0.2, 0.25) is 5.91 Å². The molecule has 2 saturated heterocycles. The van der Waals surface area contributed by atoms with Crippen LogP contribution in [0.4, 0.5) is 10.5 Å². The third-order valence-electron chi connectivity index (χ3n) is 5.55. The number of nitrogens with zero attached hydrogens (tertiary/aromatic N) is 2. The molecule has 2 fully saturated rings. The summed E-state index contributed by atoms with van der Waals surface area (Å²) in [5.41, 5.74) is 1.35. The minimum atomic E-state index is -0.473. The molecule has 10 heteroatoms. The number of amides is 4. The summed E-state index contributed by atoms with van der Waals surface area (Å²) < 4.78 is 6.19. The Bertz CT molecular complexity index is 1160. The van der Waals surface area contributed by atoms with E-state index < -0.39 is 11.1 Å². The monoisotopic (exact) mass is 557 g/mol. The fraction of sp³-hybridized carbons (Fsp3) is 0.280. The van der Waals surface area contributed by atoms with Crippen LogP contribution in [0.25, 0.3) is 6.08 Å². The minimum absolute atomic E-state index is 0.170. The van der Waals surface area contributed by atoms with Gasteiger partial charge >= 0.3 is 0 Å². The van der Waals surface area contributed by atoms with E-state index in [0.29, 0.717) is 34.6 Å². The normalized spacial score (nSPS) is 17.1. The molecule has 2 heterocycles. The average molecular weight is 558 g/mol. The first kappa shape index (κ1) is 25.0. The van der Waals surface area contributed by atoms with Gasteiger partial charge in [-0.1, -0.05) is 24.3 Å². The van der Waals surface area contributed by atoms with Gasteiger partial charge in [-0.2, -0.15) is 0 Å². The maximum atomic E-state index is 12.8. The molecule has 2 aliphatic heterocycles. The average Bonchev–Trinajstić information content (AvgIpc) is 3.12. The lowest BCUT2D eigenvalue weighted by molar-refractivity contribution is -0.136. The van der Waals surface area contributed by atoms with E-state index in [1.807, 2.05) is 18.2 Å². The molecule has 35 heavy (non-hydrogen) atoms. The van der Waals surface area contributed by atoms with E-state index in [-0.39, 0.29) is 29.9 Å². The van der Waals surface area contributed by atoms with Crippen molar-refractivity contribution in [2.45, 2.75) is 19.3 Å². The van der Waals surface area contributed by atoms with E-state index in [1.54, 1.807) is 41.3 Å². The number of rotatable bonds is 7. The largest absolute Gasteiger partial charge is 0.483 e. The number of carbonyl (C=O) groups excluding carboxylic acids is 4. The van der Waals surface area contributed by atoms with Crippen molar-refractivity contribution in [1.82, 2.24) is 9.80 Å². The second-order valence-electron chi connectivity index (χ2n) is 8.10. The molecule has 2 aromatic carbocycles.